The van der Waals surface area contributed by atoms with Crippen LogP contribution in [0.4, 0.5) is 0 Å². The zero-order chi connectivity index (χ0) is 23.5. The fourth-order valence-electron chi connectivity index (χ4n) is 4.61. The van der Waals surface area contributed by atoms with E-state index >= 15 is 0 Å². The number of carbonyl (C=O) groups is 1. The molecule has 172 valence electrons. The SMILES string of the molecule is CC(C)(C)c1cccc(C(=O)C2(O)CC2CC(C)(C)c2cccc(S(=O)(=O)C3CC3)c2)c1. The summed E-state index contributed by atoms with van der Waals surface area (Å²) >= 11 is 0. The molecule has 0 amide bonds. The number of ketones is 1. The maximum Gasteiger partial charge on any atom is 0.194 e. The van der Waals surface area contributed by atoms with Gasteiger partial charge in [-0.05, 0) is 71.8 Å². The van der Waals surface area contributed by atoms with Crippen LogP contribution in [0, 0.1) is 5.92 Å². The van der Waals surface area contributed by atoms with Gasteiger partial charge < -0.3 is 5.11 Å². The molecule has 1 N–H and O–H groups in total. The van der Waals surface area contributed by atoms with Gasteiger partial charge in [0.25, 0.3) is 0 Å². The lowest BCUT2D eigenvalue weighted by molar-refractivity contribution is 0.0633. The van der Waals surface area contributed by atoms with E-state index in [1.54, 1.807) is 24.3 Å². The minimum absolute atomic E-state index is 0.0737. The van der Waals surface area contributed by atoms with Crippen LogP contribution in [0.2, 0.25) is 0 Å². The van der Waals surface area contributed by atoms with E-state index in [-0.39, 0.29) is 27.8 Å². The Labute approximate surface area is 192 Å². The number of carbonyl (C=O) groups excluding carboxylic acids is 1. The first-order chi connectivity index (χ1) is 14.7. The van der Waals surface area contributed by atoms with Gasteiger partial charge >= 0.3 is 0 Å². The van der Waals surface area contributed by atoms with E-state index in [9.17, 15) is 18.3 Å². The minimum Gasteiger partial charge on any atom is -0.381 e. The molecule has 5 heteroatoms. The van der Waals surface area contributed by atoms with Crippen LogP contribution in [0.5, 0.6) is 0 Å². The largest absolute Gasteiger partial charge is 0.381 e. The summed E-state index contributed by atoms with van der Waals surface area (Å²) in [5.41, 5.74) is 0.769. The molecule has 0 bridgehead atoms. The van der Waals surface area contributed by atoms with Crippen LogP contribution in [0.25, 0.3) is 0 Å². The molecular formula is C27H34O4S. The molecule has 0 radical (unpaired) electrons. The van der Waals surface area contributed by atoms with E-state index in [0.717, 1.165) is 24.0 Å². The van der Waals surface area contributed by atoms with Gasteiger partial charge in [-0.3, -0.25) is 4.79 Å². The topological polar surface area (TPSA) is 71.4 Å². The second-order valence-corrected chi connectivity index (χ2v) is 13.6. The summed E-state index contributed by atoms with van der Waals surface area (Å²) in [5.74, 6) is -0.360. The molecule has 0 aromatic heterocycles. The van der Waals surface area contributed by atoms with Gasteiger partial charge in [0.15, 0.2) is 15.6 Å². The molecule has 2 unspecified atom stereocenters. The van der Waals surface area contributed by atoms with Crippen molar-refractivity contribution < 1.29 is 18.3 Å². The third-order valence-corrected chi connectivity index (χ3v) is 9.38. The molecule has 4 nitrogen and oxygen atoms in total. The van der Waals surface area contributed by atoms with E-state index in [0.29, 0.717) is 23.3 Å². The molecule has 0 spiro atoms. The third kappa shape index (κ3) is 4.29. The van der Waals surface area contributed by atoms with Gasteiger partial charge in [0, 0.05) is 5.56 Å². The Kier molecular flexibility index (Phi) is 5.45. The van der Waals surface area contributed by atoms with Crippen molar-refractivity contribution in [2.24, 2.45) is 5.92 Å². The van der Waals surface area contributed by atoms with Crippen LogP contribution >= 0.6 is 0 Å². The number of benzene rings is 2. The predicted octanol–water partition coefficient (Wildman–Crippen LogP) is 5.22. The quantitative estimate of drug-likeness (QED) is 0.582. The summed E-state index contributed by atoms with van der Waals surface area (Å²) in [7, 11) is -3.25. The molecule has 0 aliphatic heterocycles. The molecular weight excluding hydrogens is 420 g/mol. The Morgan fingerprint density at radius 2 is 1.62 bits per heavy atom. The van der Waals surface area contributed by atoms with Gasteiger partial charge in [0.05, 0.1) is 10.1 Å². The molecule has 2 atom stereocenters. The normalized spacial score (nSPS) is 23.8. The van der Waals surface area contributed by atoms with Crippen molar-refractivity contribution in [3.05, 3.63) is 65.2 Å². The Balaban J connectivity index is 1.51. The lowest BCUT2D eigenvalue weighted by atomic mass is 9.79. The molecule has 2 aliphatic rings. The van der Waals surface area contributed by atoms with Crippen LogP contribution < -0.4 is 0 Å². The number of aliphatic hydroxyl groups is 1. The van der Waals surface area contributed by atoms with Crippen molar-refractivity contribution in [2.45, 2.75) is 86.9 Å². The van der Waals surface area contributed by atoms with Crippen molar-refractivity contribution in [3.63, 3.8) is 0 Å². The Morgan fingerprint density at radius 1 is 1.00 bits per heavy atom. The van der Waals surface area contributed by atoms with Gasteiger partial charge in [-0.15, -0.1) is 0 Å². The van der Waals surface area contributed by atoms with E-state index < -0.39 is 15.4 Å². The molecule has 2 aromatic rings. The standard InChI is InChI=1S/C27H34O4S/c1-25(2,3)19-9-6-8-18(14-19)24(28)27(29)17-21(27)16-26(4,5)20-10-7-11-23(15-20)32(30,31)22-12-13-22/h6-11,14-15,21-22,29H,12-13,16-17H2,1-5H3. The van der Waals surface area contributed by atoms with Crippen LogP contribution in [0.15, 0.2) is 53.4 Å². The molecule has 4 rings (SSSR count). The fraction of sp³-hybridized carbons (Fsp3) is 0.519. The molecule has 0 heterocycles. The van der Waals surface area contributed by atoms with E-state index in [1.165, 1.54) is 0 Å². The highest BCUT2D eigenvalue weighted by Gasteiger charge is 2.59. The summed E-state index contributed by atoms with van der Waals surface area (Å²) in [6, 6.07) is 14.8. The Morgan fingerprint density at radius 3 is 2.25 bits per heavy atom. The predicted molar refractivity (Wildman–Crippen MR) is 127 cm³/mol. The second kappa shape index (κ2) is 7.53. The van der Waals surface area contributed by atoms with Gasteiger partial charge in [0.1, 0.15) is 5.60 Å². The van der Waals surface area contributed by atoms with Crippen LogP contribution in [0.3, 0.4) is 0 Å². The Bertz CT molecular complexity index is 1150. The lowest BCUT2D eigenvalue weighted by Crippen LogP contribution is -2.28. The zero-order valence-corrected chi connectivity index (χ0v) is 20.5. The van der Waals surface area contributed by atoms with E-state index in [4.69, 9.17) is 0 Å². The van der Waals surface area contributed by atoms with Crippen molar-refractivity contribution in [2.75, 3.05) is 0 Å². The average molecular weight is 455 g/mol. The summed E-state index contributed by atoms with van der Waals surface area (Å²) < 4.78 is 25.3. The second-order valence-electron chi connectivity index (χ2n) is 11.3. The summed E-state index contributed by atoms with van der Waals surface area (Å²) in [6.45, 7) is 10.4. The smallest absolute Gasteiger partial charge is 0.194 e. The summed E-state index contributed by atoms with van der Waals surface area (Å²) in [4.78, 5) is 13.6. The number of sulfone groups is 1. The van der Waals surface area contributed by atoms with Crippen molar-refractivity contribution >= 4 is 15.6 Å². The number of rotatable bonds is 7. The van der Waals surface area contributed by atoms with Crippen LogP contribution in [-0.2, 0) is 20.7 Å². The van der Waals surface area contributed by atoms with Gasteiger partial charge in [-0.25, -0.2) is 8.42 Å². The maximum absolute atomic E-state index is 13.2. The highest BCUT2D eigenvalue weighted by Crippen LogP contribution is 2.52. The van der Waals surface area contributed by atoms with Gasteiger partial charge in [-0.2, -0.15) is 0 Å². The Hall–Kier alpha value is -1.98. The van der Waals surface area contributed by atoms with E-state index in [1.807, 2.05) is 24.3 Å². The number of hydrogen-bond donors (Lipinski definition) is 1. The maximum atomic E-state index is 13.2. The third-order valence-electron chi connectivity index (χ3n) is 7.12. The highest BCUT2D eigenvalue weighted by atomic mass is 32.2. The van der Waals surface area contributed by atoms with Crippen LogP contribution in [-0.4, -0.2) is 30.2 Å². The average Bonchev–Trinajstić information content (AvgIpc) is 3.65. The molecule has 2 aromatic carbocycles. The van der Waals surface area contributed by atoms with E-state index in [2.05, 4.69) is 34.6 Å². The first-order valence-corrected chi connectivity index (χ1v) is 13.0. The lowest BCUT2D eigenvalue weighted by Gasteiger charge is -2.27. The fourth-order valence-corrected chi connectivity index (χ4v) is 6.31. The molecule has 2 aliphatic carbocycles. The summed E-state index contributed by atoms with van der Waals surface area (Å²) in [6.07, 6.45) is 2.53. The number of Topliss-reactive ketones (excluding diaryl/α,β-unsaturated/α-hetero) is 1. The first-order valence-electron chi connectivity index (χ1n) is 11.5. The van der Waals surface area contributed by atoms with Crippen molar-refractivity contribution in [1.82, 2.24) is 0 Å². The molecule has 32 heavy (non-hydrogen) atoms. The van der Waals surface area contributed by atoms with Crippen molar-refractivity contribution in [1.29, 1.82) is 0 Å². The number of hydrogen-bond acceptors (Lipinski definition) is 4. The first kappa shape index (κ1) is 23.2. The van der Waals surface area contributed by atoms with Gasteiger partial charge in [-0.1, -0.05) is 65.0 Å². The summed E-state index contributed by atoms with van der Waals surface area (Å²) in [5, 5.41) is 10.9. The van der Waals surface area contributed by atoms with Crippen LogP contribution in [0.1, 0.15) is 81.8 Å². The molecule has 2 fully saturated rings. The van der Waals surface area contributed by atoms with Crippen molar-refractivity contribution in [3.8, 4) is 0 Å². The minimum atomic E-state index is -3.25. The monoisotopic (exact) mass is 454 g/mol. The highest BCUT2D eigenvalue weighted by molar-refractivity contribution is 7.92. The molecule has 0 saturated heterocycles. The van der Waals surface area contributed by atoms with Gasteiger partial charge in [0.2, 0.25) is 0 Å². The molecule has 2 saturated carbocycles. The zero-order valence-electron chi connectivity index (χ0n) is 19.7.